The maximum absolute atomic E-state index is 12.8. The Morgan fingerprint density at radius 2 is 1.92 bits per heavy atom. The first-order valence-corrected chi connectivity index (χ1v) is 7.11. The maximum Gasteiger partial charge on any atom is 0.451 e. The van der Waals surface area contributed by atoms with Gasteiger partial charge < -0.3 is 18.9 Å². The molecule has 4 rings (SSSR count). The molecule has 0 unspecified atom stereocenters. The molecule has 10 heteroatoms. The first-order valence-electron chi connectivity index (χ1n) is 7.11. The number of aromatic nitrogens is 3. The SMILES string of the molecule is O=C(c1ccc2c(c1)OCO2)N1CCn2c(nnc2C(F)(F)F)C1. The first kappa shape index (κ1) is 14.8. The van der Waals surface area contributed by atoms with Crippen molar-refractivity contribution in [3.05, 3.63) is 35.4 Å². The topological polar surface area (TPSA) is 69.5 Å². The lowest BCUT2D eigenvalue weighted by atomic mass is 10.1. The second-order valence-electron chi connectivity index (χ2n) is 5.38. The van der Waals surface area contributed by atoms with E-state index < -0.39 is 12.0 Å². The third-order valence-corrected chi connectivity index (χ3v) is 3.91. The molecule has 24 heavy (non-hydrogen) atoms. The molecule has 0 saturated carbocycles. The average molecular weight is 340 g/mol. The lowest BCUT2D eigenvalue weighted by Crippen LogP contribution is -2.39. The maximum atomic E-state index is 12.8. The van der Waals surface area contributed by atoms with Crippen molar-refractivity contribution >= 4 is 5.91 Å². The zero-order chi connectivity index (χ0) is 16.9. The van der Waals surface area contributed by atoms with Crippen LogP contribution in [0.5, 0.6) is 11.5 Å². The van der Waals surface area contributed by atoms with E-state index in [9.17, 15) is 18.0 Å². The highest BCUT2D eigenvalue weighted by molar-refractivity contribution is 5.95. The molecule has 1 aromatic heterocycles. The largest absolute Gasteiger partial charge is 0.454 e. The highest BCUT2D eigenvalue weighted by Crippen LogP contribution is 2.33. The Hall–Kier alpha value is -2.78. The van der Waals surface area contributed by atoms with Crippen molar-refractivity contribution in [2.24, 2.45) is 0 Å². The molecule has 1 aromatic carbocycles. The minimum Gasteiger partial charge on any atom is -0.454 e. The third-order valence-electron chi connectivity index (χ3n) is 3.91. The van der Waals surface area contributed by atoms with Gasteiger partial charge in [0.25, 0.3) is 5.91 Å². The molecule has 2 aliphatic rings. The van der Waals surface area contributed by atoms with Gasteiger partial charge in [-0.3, -0.25) is 4.79 Å². The highest BCUT2D eigenvalue weighted by Gasteiger charge is 2.40. The molecule has 1 amide bonds. The highest BCUT2D eigenvalue weighted by atomic mass is 19.4. The molecule has 3 heterocycles. The van der Waals surface area contributed by atoms with Crippen LogP contribution >= 0.6 is 0 Å². The number of halogens is 3. The van der Waals surface area contributed by atoms with Crippen molar-refractivity contribution < 1.29 is 27.4 Å². The number of ether oxygens (including phenoxy) is 2. The number of benzene rings is 1. The van der Waals surface area contributed by atoms with E-state index in [2.05, 4.69) is 10.2 Å². The lowest BCUT2D eigenvalue weighted by molar-refractivity contribution is -0.147. The number of rotatable bonds is 1. The van der Waals surface area contributed by atoms with Crippen molar-refractivity contribution in [2.75, 3.05) is 13.3 Å². The van der Waals surface area contributed by atoms with Gasteiger partial charge in [-0.2, -0.15) is 13.2 Å². The van der Waals surface area contributed by atoms with Gasteiger partial charge in [-0.05, 0) is 18.2 Å². The minimum atomic E-state index is -4.56. The molecule has 0 fully saturated rings. The fraction of sp³-hybridized carbons (Fsp3) is 0.357. The zero-order valence-corrected chi connectivity index (χ0v) is 12.2. The summed E-state index contributed by atoms with van der Waals surface area (Å²) < 4.78 is 49.9. The third kappa shape index (κ3) is 2.34. The molecule has 126 valence electrons. The molecule has 2 aliphatic heterocycles. The Morgan fingerprint density at radius 1 is 1.12 bits per heavy atom. The Kier molecular flexibility index (Phi) is 3.15. The number of amides is 1. The molecule has 7 nitrogen and oxygen atoms in total. The van der Waals surface area contributed by atoms with E-state index in [0.717, 1.165) is 4.57 Å². The molecule has 2 aromatic rings. The van der Waals surface area contributed by atoms with Crippen LogP contribution in [0.25, 0.3) is 0 Å². The Labute approximate surface area is 133 Å². The summed E-state index contributed by atoms with van der Waals surface area (Å²) >= 11 is 0. The predicted molar refractivity (Wildman–Crippen MR) is 72.3 cm³/mol. The van der Waals surface area contributed by atoms with E-state index in [-0.39, 0.29) is 38.2 Å². The summed E-state index contributed by atoms with van der Waals surface area (Å²) in [5.74, 6) is -0.202. The van der Waals surface area contributed by atoms with Crippen LogP contribution in [0.4, 0.5) is 13.2 Å². The monoisotopic (exact) mass is 340 g/mol. The van der Waals surface area contributed by atoms with E-state index >= 15 is 0 Å². The smallest absolute Gasteiger partial charge is 0.451 e. The van der Waals surface area contributed by atoms with Gasteiger partial charge in [-0.15, -0.1) is 10.2 Å². The van der Waals surface area contributed by atoms with Crippen LogP contribution < -0.4 is 9.47 Å². The van der Waals surface area contributed by atoms with Gasteiger partial charge in [-0.1, -0.05) is 0 Å². The molecule has 0 aliphatic carbocycles. The number of alkyl halides is 3. The Balaban J connectivity index is 1.56. The molecule has 0 bridgehead atoms. The van der Waals surface area contributed by atoms with Gasteiger partial charge >= 0.3 is 6.18 Å². The number of carbonyl (C=O) groups is 1. The summed E-state index contributed by atoms with van der Waals surface area (Å²) in [6, 6.07) is 4.78. The lowest BCUT2D eigenvalue weighted by Gasteiger charge is -2.28. The molecule has 0 N–H and O–H groups in total. The van der Waals surface area contributed by atoms with Crippen molar-refractivity contribution in [1.29, 1.82) is 0 Å². The van der Waals surface area contributed by atoms with E-state index in [4.69, 9.17) is 9.47 Å². The molecular weight excluding hydrogens is 329 g/mol. The van der Waals surface area contributed by atoms with E-state index in [0.29, 0.717) is 17.1 Å². The van der Waals surface area contributed by atoms with Gasteiger partial charge in [0.05, 0.1) is 6.54 Å². The molecule has 0 saturated heterocycles. The Morgan fingerprint density at radius 3 is 2.71 bits per heavy atom. The van der Waals surface area contributed by atoms with Crippen molar-refractivity contribution in [2.45, 2.75) is 19.3 Å². The van der Waals surface area contributed by atoms with Crippen molar-refractivity contribution in [1.82, 2.24) is 19.7 Å². The molecule has 0 spiro atoms. The number of hydrogen-bond acceptors (Lipinski definition) is 5. The summed E-state index contributed by atoms with van der Waals surface area (Å²) in [6.45, 7) is 0.200. The fourth-order valence-corrected chi connectivity index (χ4v) is 2.75. The minimum absolute atomic E-state index is 0.00648. The van der Waals surface area contributed by atoms with E-state index in [1.165, 1.54) is 4.90 Å². The van der Waals surface area contributed by atoms with Crippen LogP contribution in [0.3, 0.4) is 0 Å². The predicted octanol–water partition coefficient (Wildman–Crippen LogP) is 1.68. The van der Waals surface area contributed by atoms with Crippen LogP contribution in [-0.2, 0) is 19.3 Å². The summed E-state index contributed by atoms with van der Waals surface area (Å²) in [6.07, 6.45) is -4.56. The normalized spacial score (nSPS) is 16.2. The van der Waals surface area contributed by atoms with Crippen LogP contribution in [0, 0.1) is 0 Å². The second kappa shape index (κ2) is 5.11. The van der Waals surface area contributed by atoms with Gasteiger partial charge in [0.1, 0.15) is 0 Å². The van der Waals surface area contributed by atoms with E-state index in [1.807, 2.05) is 0 Å². The van der Waals surface area contributed by atoms with Crippen LogP contribution in [-0.4, -0.2) is 38.9 Å². The first-order chi connectivity index (χ1) is 11.4. The van der Waals surface area contributed by atoms with Crippen molar-refractivity contribution in [3.8, 4) is 11.5 Å². The summed E-state index contributed by atoms with van der Waals surface area (Å²) in [5, 5.41) is 6.76. The van der Waals surface area contributed by atoms with Gasteiger partial charge in [0.2, 0.25) is 12.6 Å². The van der Waals surface area contributed by atoms with Crippen molar-refractivity contribution in [3.63, 3.8) is 0 Å². The molecular formula is C14H11F3N4O3. The number of nitrogens with zero attached hydrogens (tertiary/aromatic N) is 4. The number of hydrogen-bond donors (Lipinski definition) is 0. The summed E-state index contributed by atoms with van der Waals surface area (Å²) in [7, 11) is 0. The van der Waals surface area contributed by atoms with Crippen LogP contribution in [0.2, 0.25) is 0 Å². The second-order valence-corrected chi connectivity index (χ2v) is 5.38. The Bertz CT molecular complexity index is 818. The molecule has 0 atom stereocenters. The van der Waals surface area contributed by atoms with Crippen LogP contribution in [0.1, 0.15) is 22.0 Å². The van der Waals surface area contributed by atoms with Gasteiger partial charge in [-0.25, -0.2) is 0 Å². The zero-order valence-electron chi connectivity index (χ0n) is 12.2. The fourth-order valence-electron chi connectivity index (χ4n) is 2.75. The molecule has 0 radical (unpaired) electrons. The van der Waals surface area contributed by atoms with Gasteiger partial charge in [0, 0.05) is 18.7 Å². The standard InChI is InChI=1S/C14H11F3N4O3/c15-14(16,17)13-19-18-11-6-20(3-4-21(11)13)12(22)8-1-2-9-10(5-8)24-7-23-9/h1-2,5H,3-4,6-7H2. The number of fused-ring (bicyclic) bond motifs is 2. The van der Waals surface area contributed by atoms with E-state index in [1.54, 1.807) is 18.2 Å². The number of carbonyl (C=O) groups excluding carboxylic acids is 1. The summed E-state index contributed by atoms with van der Waals surface area (Å²) in [4.78, 5) is 14.0. The average Bonchev–Trinajstić information content (AvgIpc) is 3.18. The van der Waals surface area contributed by atoms with Gasteiger partial charge in [0.15, 0.2) is 17.3 Å². The van der Waals surface area contributed by atoms with Crippen LogP contribution in [0.15, 0.2) is 18.2 Å². The quantitative estimate of drug-likeness (QED) is 0.790. The summed E-state index contributed by atoms with van der Waals surface area (Å²) in [5.41, 5.74) is 0.378.